The van der Waals surface area contributed by atoms with Gasteiger partial charge in [-0.3, -0.25) is 0 Å². The van der Waals surface area contributed by atoms with E-state index in [0.29, 0.717) is 17.3 Å². The first-order valence-corrected chi connectivity index (χ1v) is 17.5. The second-order valence-corrected chi connectivity index (χ2v) is 19.1. The van der Waals surface area contributed by atoms with Gasteiger partial charge in [-0.1, -0.05) is 0 Å². The molecule has 39 heavy (non-hydrogen) atoms. The summed E-state index contributed by atoms with van der Waals surface area (Å²) in [5.41, 5.74) is 1.33. The molecule has 0 spiro atoms. The van der Waals surface area contributed by atoms with Crippen LogP contribution in [-0.2, 0) is 13.9 Å². The van der Waals surface area contributed by atoms with Crippen LogP contribution >= 0.6 is 11.6 Å². The Morgan fingerprint density at radius 2 is 1.56 bits per heavy atom. The summed E-state index contributed by atoms with van der Waals surface area (Å²) >= 11 is 6.41. The Balaban J connectivity index is 1.38. The minimum atomic E-state index is -2.68. The van der Waals surface area contributed by atoms with Crippen molar-refractivity contribution in [1.82, 2.24) is 19.5 Å². The first kappa shape index (κ1) is 27.1. The van der Waals surface area contributed by atoms with Crippen LogP contribution in [0.25, 0.3) is 11.2 Å². The molecule has 6 rings (SSSR count). The molecule has 204 valence electrons. The number of halogens is 1. The number of hydrogen-bond acceptors (Lipinski definition) is 6. The van der Waals surface area contributed by atoms with Crippen LogP contribution in [0.5, 0.6) is 0 Å². The predicted molar refractivity (Wildman–Crippen MR) is 156 cm³/mol. The Morgan fingerprint density at radius 3 is 2.18 bits per heavy atom. The normalized spacial score (nSPS) is 24.8. The van der Waals surface area contributed by atoms with E-state index in [-0.39, 0.29) is 42.0 Å². The number of benzene rings is 2. The topological polar surface area (TPSA) is 71.3 Å². The molecule has 2 aromatic carbocycles. The van der Waals surface area contributed by atoms with Gasteiger partial charge in [0.1, 0.15) is 0 Å². The Labute approximate surface area is 241 Å². The standard InChI is InChI=1S/C29H33ClN4O3SeSi/c1-28(2,3)39(19-12-8-6-9-13-19,20-14-10-7-11-15-20)35-16-21-23-24(37-29(4,5)36-23)27(38-21)34-18-33-22-25(30)31-17-32-26(22)34/h6-15,17-18,21,23-24,27H,16H2,1-5H3/t21-,23?,24?,27-/m1/s1. The zero-order valence-corrected chi connectivity index (χ0v) is 26.2. The Hall–Kier alpha value is -2.10. The maximum absolute atomic E-state index is 7.35. The molecule has 0 amide bonds. The molecule has 0 saturated carbocycles. The van der Waals surface area contributed by atoms with E-state index in [1.807, 2.05) is 20.2 Å². The zero-order valence-electron chi connectivity index (χ0n) is 22.7. The Bertz CT molecular complexity index is 1420. The van der Waals surface area contributed by atoms with Crippen molar-refractivity contribution in [2.75, 3.05) is 6.61 Å². The summed E-state index contributed by atoms with van der Waals surface area (Å²) in [4.78, 5) is 13.4. The molecule has 4 atom stereocenters. The molecule has 0 bridgehead atoms. The Morgan fingerprint density at radius 1 is 0.949 bits per heavy atom. The van der Waals surface area contributed by atoms with Gasteiger partial charge in [-0.15, -0.1) is 0 Å². The fourth-order valence-electron chi connectivity index (χ4n) is 6.00. The monoisotopic (exact) mass is 628 g/mol. The van der Waals surface area contributed by atoms with E-state index in [9.17, 15) is 0 Å². The molecule has 0 N–H and O–H groups in total. The van der Waals surface area contributed by atoms with Crippen molar-refractivity contribution in [3.63, 3.8) is 0 Å². The molecule has 2 saturated heterocycles. The van der Waals surface area contributed by atoms with E-state index in [0.717, 1.165) is 5.65 Å². The van der Waals surface area contributed by atoms with E-state index in [1.54, 1.807) is 0 Å². The van der Waals surface area contributed by atoms with Crippen LogP contribution in [0.2, 0.25) is 15.0 Å². The number of ether oxygens (including phenoxy) is 2. The number of imidazole rings is 1. The number of hydrogen-bond donors (Lipinski definition) is 0. The number of fused-ring (bicyclic) bond motifs is 2. The summed E-state index contributed by atoms with van der Waals surface area (Å²) in [7, 11) is -2.68. The van der Waals surface area contributed by atoms with E-state index in [2.05, 4.69) is 101 Å². The third kappa shape index (κ3) is 4.68. The molecular formula is C29H33ClN4O3SeSi. The van der Waals surface area contributed by atoms with E-state index >= 15 is 0 Å². The summed E-state index contributed by atoms with van der Waals surface area (Å²) < 4.78 is 22.5. The third-order valence-electron chi connectivity index (χ3n) is 7.59. The molecule has 4 heterocycles. The second kappa shape index (κ2) is 10.1. The summed E-state index contributed by atoms with van der Waals surface area (Å²) in [5.74, 6) is -0.678. The van der Waals surface area contributed by atoms with Crippen molar-refractivity contribution < 1.29 is 13.9 Å². The van der Waals surface area contributed by atoms with Gasteiger partial charge in [0.15, 0.2) is 0 Å². The van der Waals surface area contributed by atoms with Crippen LogP contribution in [0.15, 0.2) is 73.3 Å². The third-order valence-corrected chi connectivity index (χ3v) is 16.1. The molecule has 0 aliphatic carbocycles. The van der Waals surface area contributed by atoms with Crippen LogP contribution in [0, 0.1) is 0 Å². The van der Waals surface area contributed by atoms with Crippen LogP contribution in [-0.4, -0.2) is 67.4 Å². The van der Waals surface area contributed by atoms with Crippen LogP contribution in [0.3, 0.4) is 0 Å². The molecule has 2 aliphatic rings. The van der Waals surface area contributed by atoms with Crippen molar-refractivity contribution in [3.05, 3.63) is 78.5 Å². The van der Waals surface area contributed by atoms with E-state index < -0.39 is 14.1 Å². The van der Waals surface area contributed by atoms with Crippen molar-refractivity contribution >= 4 is 56.4 Å². The van der Waals surface area contributed by atoms with Crippen LogP contribution in [0.1, 0.15) is 39.6 Å². The number of aromatic nitrogens is 4. The summed E-state index contributed by atoms with van der Waals surface area (Å²) in [6.45, 7) is 11.5. The average Bonchev–Trinajstić information content (AvgIpc) is 3.56. The quantitative estimate of drug-likeness (QED) is 0.230. The average molecular weight is 628 g/mol. The van der Waals surface area contributed by atoms with Gasteiger partial charge in [-0.2, -0.15) is 0 Å². The minimum absolute atomic E-state index is 0.0491. The van der Waals surface area contributed by atoms with Crippen LogP contribution in [0.4, 0.5) is 0 Å². The SMILES string of the molecule is CC1(C)OC2C(O1)[C@@H](CO[Si](c1ccccc1)(c1ccccc1)C(C)(C)C)[Se][C@H]2n1cnc2c(Cl)ncnc21. The molecule has 2 aliphatic heterocycles. The number of nitrogens with zero attached hydrogens (tertiary/aromatic N) is 4. The Kier molecular flexibility index (Phi) is 6.99. The van der Waals surface area contributed by atoms with Gasteiger partial charge in [-0.25, -0.2) is 0 Å². The molecule has 2 aromatic heterocycles. The van der Waals surface area contributed by atoms with Crippen molar-refractivity contribution in [2.24, 2.45) is 0 Å². The first-order chi connectivity index (χ1) is 18.6. The summed E-state index contributed by atoms with van der Waals surface area (Å²) in [5, 5.41) is 2.81. The zero-order chi connectivity index (χ0) is 27.4. The van der Waals surface area contributed by atoms with Crippen molar-refractivity contribution in [3.8, 4) is 0 Å². The molecule has 4 aromatic rings. The van der Waals surface area contributed by atoms with Crippen molar-refractivity contribution in [1.29, 1.82) is 0 Å². The van der Waals surface area contributed by atoms with Gasteiger partial charge in [0.05, 0.1) is 0 Å². The van der Waals surface area contributed by atoms with Gasteiger partial charge < -0.3 is 0 Å². The summed E-state index contributed by atoms with van der Waals surface area (Å²) in [6, 6.07) is 21.5. The van der Waals surface area contributed by atoms with Gasteiger partial charge >= 0.3 is 242 Å². The van der Waals surface area contributed by atoms with Gasteiger partial charge in [0.2, 0.25) is 0 Å². The molecule has 2 fully saturated rings. The van der Waals surface area contributed by atoms with E-state index in [1.165, 1.54) is 16.7 Å². The molecule has 7 nitrogen and oxygen atoms in total. The first-order valence-electron chi connectivity index (χ1n) is 13.2. The number of rotatable bonds is 6. The summed E-state index contributed by atoms with van der Waals surface area (Å²) in [6.07, 6.45) is 3.09. The predicted octanol–water partition coefficient (Wildman–Crippen LogP) is 4.58. The molecule has 10 heteroatoms. The van der Waals surface area contributed by atoms with Gasteiger partial charge in [-0.05, 0) is 0 Å². The van der Waals surface area contributed by atoms with Crippen molar-refractivity contribution in [2.45, 2.75) is 67.4 Å². The second-order valence-electron chi connectivity index (χ2n) is 11.6. The fourth-order valence-corrected chi connectivity index (χ4v) is 14.2. The van der Waals surface area contributed by atoms with Gasteiger partial charge in [0, 0.05) is 0 Å². The molecule has 2 unspecified atom stereocenters. The van der Waals surface area contributed by atoms with Gasteiger partial charge in [0.25, 0.3) is 0 Å². The fraction of sp³-hybridized carbons (Fsp3) is 0.414. The van der Waals surface area contributed by atoms with Crippen LogP contribution < -0.4 is 10.4 Å². The molecular weight excluding hydrogens is 595 g/mol. The molecule has 0 radical (unpaired) electrons. The maximum atomic E-state index is 7.35. The van der Waals surface area contributed by atoms with E-state index in [4.69, 9.17) is 25.5 Å².